The fraction of sp³-hybridized carbons (Fsp3) is 1.00. The predicted octanol–water partition coefficient (Wildman–Crippen LogP) is -0.268. The van der Waals surface area contributed by atoms with Gasteiger partial charge in [-0.2, -0.15) is 0 Å². The Morgan fingerprint density at radius 3 is 2.00 bits per heavy atom. The molecule has 0 heterocycles. The van der Waals surface area contributed by atoms with Crippen LogP contribution in [0.15, 0.2) is 0 Å². The van der Waals surface area contributed by atoms with Gasteiger partial charge in [0.1, 0.15) is 4.11 Å². The quantitative estimate of drug-likeness (QED) is 0.439. The normalized spacial score (nSPS) is 15.0. The molecule has 0 spiro atoms. The molecule has 32 valence electrons. The first-order valence-corrected chi connectivity index (χ1v) is 2.45. The van der Waals surface area contributed by atoms with Gasteiger partial charge in [0.05, 0.1) is 6.61 Å². The molecule has 0 bridgehead atoms. The van der Waals surface area contributed by atoms with E-state index in [0.29, 0.717) is 0 Å². The zero-order chi connectivity index (χ0) is 4.28. The number of hydrogen-bond acceptors (Lipinski definition) is 2. The summed E-state index contributed by atoms with van der Waals surface area (Å²) in [5.41, 5.74) is 0. The van der Waals surface area contributed by atoms with Crippen molar-refractivity contribution in [1.29, 1.82) is 0 Å². The highest BCUT2D eigenvalue weighted by molar-refractivity contribution is 14.1. The van der Waals surface area contributed by atoms with Gasteiger partial charge in [-0.1, -0.05) is 0 Å². The first-order chi connectivity index (χ1) is 2.27. The minimum absolute atomic E-state index is 0.152. The number of aliphatic hydroxyl groups is 2. The molecule has 2 N–H and O–H groups in total. The SMILES string of the molecule is OC[C@H](O)I. The van der Waals surface area contributed by atoms with Crippen LogP contribution in [0.3, 0.4) is 0 Å². The predicted molar refractivity (Wildman–Crippen MR) is 27.1 cm³/mol. The van der Waals surface area contributed by atoms with Gasteiger partial charge in [-0.3, -0.25) is 0 Å². The van der Waals surface area contributed by atoms with Crippen molar-refractivity contribution < 1.29 is 10.2 Å². The van der Waals surface area contributed by atoms with Crippen LogP contribution in [0.5, 0.6) is 0 Å². The van der Waals surface area contributed by atoms with Crippen molar-refractivity contribution in [3.05, 3.63) is 0 Å². The van der Waals surface area contributed by atoms with Crippen molar-refractivity contribution in [3.63, 3.8) is 0 Å². The Bertz CT molecular complexity index is 21.6. The van der Waals surface area contributed by atoms with Crippen molar-refractivity contribution >= 4 is 22.6 Å². The van der Waals surface area contributed by atoms with E-state index in [1.165, 1.54) is 0 Å². The molecule has 0 unspecified atom stereocenters. The molecule has 0 saturated carbocycles. The van der Waals surface area contributed by atoms with Crippen LogP contribution >= 0.6 is 22.6 Å². The Morgan fingerprint density at radius 2 is 2.00 bits per heavy atom. The molecule has 0 radical (unpaired) electrons. The molecule has 0 amide bonds. The van der Waals surface area contributed by atoms with Gasteiger partial charge in [-0.15, -0.1) is 0 Å². The molecule has 2 nitrogen and oxygen atoms in total. The summed E-state index contributed by atoms with van der Waals surface area (Å²) in [6, 6.07) is 0. The lowest BCUT2D eigenvalue weighted by Crippen LogP contribution is -1.98. The van der Waals surface area contributed by atoms with E-state index >= 15 is 0 Å². The molecule has 0 aromatic rings. The van der Waals surface area contributed by atoms with Crippen LogP contribution in [-0.2, 0) is 0 Å². The highest BCUT2D eigenvalue weighted by Crippen LogP contribution is 1.88. The van der Waals surface area contributed by atoms with Crippen LogP contribution in [0.25, 0.3) is 0 Å². The van der Waals surface area contributed by atoms with E-state index < -0.39 is 4.11 Å². The van der Waals surface area contributed by atoms with Crippen LogP contribution in [0.1, 0.15) is 0 Å². The molecule has 1 atom stereocenters. The van der Waals surface area contributed by atoms with Crippen LogP contribution < -0.4 is 0 Å². The van der Waals surface area contributed by atoms with Gasteiger partial charge in [0, 0.05) is 0 Å². The van der Waals surface area contributed by atoms with E-state index in [-0.39, 0.29) is 6.61 Å². The lowest BCUT2D eigenvalue weighted by molar-refractivity contribution is 0.172. The van der Waals surface area contributed by atoms with Crippen molar-refractivity contribution in [2.75, 3.05) is 6.61 Å². The van der Waals surface area contributed by atoms with Crippen molar-refractivity contribution in [2.45, 2.75) is 4.11 Å². The molecule has 3 heteroatoms. The van der Waals surface area contributed by atoms with Crippen LogP contribution in [0, 0.1) is 0 Å². The second-order valence-electron chi connectivity index (χ2n) is 0.617. The smallest absolute Gasteiger partial charge is 0.128 e. The Hall–Kier alpha value is 0.650. The second-order valence-corrected chi connectivity index (χ2v) is 2.05. The van der Waals surface area contributed by atoms with E-state index in [4.69, 9.17) is 10.2 Å². The maximum atomic E-state index is 8.10. The van der Waals surface area contributed by atoms with Crippen LogP contribution in [0.4, 0.5) is 0 Å². The fourth-order valence-corrected chi connectivity index (χ4v) is 0. The van der Waals surface area contributed by atoms with Gasteiger partial charge in [0.15, 0.2) is 0 Å². The summed E-state index contributed by atoms with van der Waals surface area (Å²) in [4.78, 5) is 0. The van der Waals surface area contributed by atoms with E-state index in [0.717, 1.165) is 0 Å². The van der Waals surface area contributed by atoms with E-state index in [1.807, 2.05) is 0 Å². The molecule has 0 aromatic carbocycles. The molecule has 0 aliphatic rings. The standard InChI is InChI=1S/C2H5IO2/c3-2(5)1-4/h2,4-5H,1H2/t2-/m0/s1. The average molecular weight is 188 g/mol. The maximum absolute atomic E-state index is 8.10. The first kappa shape index (κ1) is 5.65. The first-order valence-electron chi connectivity index (χ1n) is 1.20. The van der Waals surface area contributed by atoms with Gasteiger partial charge in [0.25, 0.3) is 0 Å². The Balaban J connectivity index is 2.54. The third-order valence-electron chi connectivity index (χ3n) is 0.151. The number of aliphatic hydroxyl groups excluding tert-OH is 2. The van der Waals surface area contributed by atoms with Gasteiger partial charge in [-0.05, 0) is 22.6 Å². The fourth-order valence-electron chi connectivity index (χ4n) is 0. The second kappa shape index (κ2) is 2.87. The summed E-state index contributed by atoms with van der Waals surface area (Å²) >= 11 is 1.71. The molecular formula is C2H5IO2. The lowest BCUT2D eigenvalue weighted by atomic mass is 10.8. The van der Waals surface area contributed by atoms with Gasteiger partial charge < -0.3 is 10.2 Å². The van der Waals surface area contributed by atoms with Crippen molar-refractivity contribution in [1.82, 2.24) is 0 Å². The van der Waals surface area contributed by atoms with Crippen LogP contribution in [-0.4, -0.2) is 20.9 Å². The molecule has 0 rings (SSSR count). The van der Waals surface area contributed by atoms with E-state index in [1.54, 1.807) is 22.6 Å². The Morgan fingerprint density at radius 1 is 1.80 bits per heavy atom. The summed E-state index contributed by atoms with van der Waals surface area (Å²) in [5, 5.41) is 16.0. The zero-order valence-electron chi connectivity index (χ0n) is 2.56. The van der Waals surface area contributed by atoms with Crippen LogP contribution in [0.2, 0.25) is 0 Å². The topological polar surface area (TPSA) is 40.5 Å². The summed E-state index contributed by atoms with van der Waals surface area (Å²) in [6.45, 7) is -0.152. The number of alkyl halides is 1. The number of halogens is 1. The van der Waals surface area contributed by atoms with E-state index in [9.17, 15) is 0 Å². The highest BCUT2D eigenvalue weighted by Gasteiger charge is 1.85. The van der Waals surface area contributed by atoms with Crippen molar-refractivity contribution in [2.24, 2.45) is 0 Å². The molecule has 5 heavy (non-hydrogen) atoms. The van der Waals surface area contributed by atoms with Gasteiger partial charge in [0.2, 0.25) is 0 Å². The Labute approximate surface area is 44.0 Å². The largest absolute Gasteiger partial charge is 0.393 e. The summed E-state index contributed by atoms with van der Waals surface area (Å²) < 4.78 is -0.590. The summed E-state index contributed by atoms with van der Waals surface area (Å²) in [6.07, 6.45) is 0. The number of hydrogen-bond donors (Lipinski definition) is 2. The molecule has 0 aliphatic carbocycles. The third-order valence-corrected chi connectivity index (χ3v) is 0.545. The maximum Gasteiger partial charge on any atom is 0.128 e. The third kappa shape index (κ3) is 4.65. The summed E-state index contributed by atoms with van der Waals surface area (Å²) in [5.74, 6) is 0. The van der Waals surface area contributed by atoms with Crippen molar-refractivity contribution in [3.8, 4) is 0 Å². The molecule has 0 saturated heterocycles. The average Bonchev–Trinajstić information content (AvgIpc) is 1.38. The van der Waals surface area contributed by atoms with E-state index in [2.05, 4.69) is 0 Å². The number of rotatable bonds is 1. The molecule has 0 aliphatic heterocycles. The molecule has 0 fully saturated rings. The molecule has 0 aromatic heterocycles. The molecular weight excluding hydrogens is 183 g/mol. The van der Waals surface area contributed by atoms with Gasteiger partial charge >= 0.3 is 0 Å². The Kier molecular flexibility index (Phi) is 3.24. The zero-order valence-corrected chi connectivity index (χ0v) is 4.71. The van der Waals surface area contributed by atoms with Gasteiger partial charge in [-0.25, -0.2) is 0 Å². The lowest BCUT2D eigenvalue weighted by Gasteiger charge is -1.87. The minimum Gasteiger partial charge on any atom is -0.393 e. The minimum atomic E-state index is -0.590. The highest BCUT2D eigenvalue weighted by atomic mass is 127. The summed E-state index contributed by atoms with van der Waals surface area (Å²) in [7, 11) is 0. The monoisotopic (exact) mass is 188 g/mol.